The van der Waals surface area contributed by atoms with Gasteiger partial charge in [0.2, 0.25) is 0 Å². The van der Waals surface area contributed by atoms with E-state index in [0.717, 1.165) is 5.56 Å². The van der Waals surface area contributed by atoms with Crippen molar-refractivity contribution in [2.45, 2.75) is 5.75 Å². The van der Waals surface area contributed by atoms with Gasteiger partial charge in [0.15, 0.2) is 22.2 Å². The van der Waals surface area contributed by atoms with Crippen LogP contribution in [0.3, 0.4) is 0 Å². The van der Waals surface area contributed by atoms with Gasteiger partial charge in [-0.05, 0) is 5.56 Å². The number of nitrogens with zero attached hydrogens (tertiary/aromatic N) is 1. The summed E-state index contributed by atoms with van der Waals surface area (Å²) in [6, 6.07) is 3.61. The Morgan fingerprint density at radius 3 is 2.25 bits per heavy atom. The topological polar surface area (TPSA) is 38.0 Å². The molecule has 1 rings (SSSR count). The average molecular weight is 186 g/mol. The van der Waals surface area contributed by atoms with Gasteiger partial charge in [-0.2, -0.15) is 0 Å². The maximum atomic E-state index is 10.9. The van der Waals surface area contributed by atoms with E-state index in [2.05, 4.69) is 0 Å². The van der Waals surface area contributed by atoms with E-state index in [9.17, 15) is 8.42 Å². The molecule has 0 amide bonds. The van der Waals surface area contributed by atoms with E-state index in [0.29, 0.717) is 0 Å². The fourth-order valence-electron chi connectivity index (χ4n) is 0.931. The van der Waals surface area contributed by atoms with E-state index in [1.165, 1.54) is 6.26 Å². The minimum absolute atomic E-state index is 0.119. The standard InChI is InChI=1S/C8H12NO2S/c1-9-5-3-8(4-6-9)7-12(2,10)11/h3-6H,7H2,1-2H3/q+1. The summed E-state index contributed by atoms with van der Waals surface area (Å²) >= 11 is 0. The van der Waals surface area contributed by atoms with Gasteiger partial charge in [0.25, 0.3) is 0 Å². The Labute approximate surface area is 72.6 Å². The van der Waals surface area contributed by atoms with Gasteiger partial charge in [-0.15, -0.1) is 0 Å². The van der Waals surface area contributed by atoms with E-state index < -0.39 is 9.84 Å². The number of sulfone groups is 1. The van der Waals surface area contributed by atoms with Crippen molar-refractivity contribution in [1.82, 2.24) is 0 Å². The number of hydrogen-bond donors (Lipinski definition) is 0. The van der Waals surface area contributed by atoms with Crippen LogP contribution < -0.4 is 4.57 Å². The van der Waals surface area contributed by atoms with E-state index in [-0.39, 0.29) is 5.75 Å². The molecule has 3 nitrogen and oxygen atoms in total. The molecular formula is C8H12NO2S+. The number of aryl methyl sites for hydroxylation is 1. The van der Waals surface area contributed by atoms with Crippen molar-refractivity contribution in [3.05, 3.63) is 30.1 Å². The molecule has 0 radical (unpaired) electrons. The van der Waals surface area contributed by atoms with Crippen molar-refractivity contribution in [3.8, 4) is 0 Å². The first-order valence-corrected chi connectivity index (χ1v) is 5.65. The second-order valence-corrected chi connectivity index (χ2v) is 5.08. The highest BCUT2D eigenvalue weighted by molar-refractivity contribution is 7.89. The molecule has 1 heterocycles. The molecule has 1 aromatic heterocycles. The Kier molecular flexibility index (Phi) is 2.47. The van der Waals surface area contributed by atoms with Crippen LogP contribution in [0.4, 0.5) is 0 Å². The predicted octanol–water partition coefficient (Wildman–Crippen LogP) is 0.0557. The zero-order valence-corrected chi connectivity index (χ0v) is 8.00. The van der Waals surface area contributed by atoms with Crippen LogP contribution in [-0.2, 0) is 22.6 Å². The van der Waals surface area contributed by atoms with Crippen LogP contribution in [0.15, 0.2) is 24.5 Å². The van der Waals surface area contributed by atoms with Crippen LogP contribution in [0.1, 0.15) is 5.56 Å². The molecule has 4 heteroatoms. The molecule has 0 N–H and O–H groups in total. The SMILES string of the molecule is C[n+]1ccc(CS(C)(=O)=O)cc1. The lowest BCUT2D eigenvalue weighted by Gasteiger charge is -1.96. The summed E-state index contributed by atoms with van der Waals surface area (Å²) in [5, 5.41) is 0. The van der Waals surface area contributed by atoms with Crippen LogP contribution in [0.2, 0.25) is 0 Å². The van der Waals surface area contributed by atoms with Crippen molar-refractivity contribution in [1.29, 1.82) is 0 Å². The molecule has 0 atom stereocenters. The monoisotopic (exact) mass is 186 g/mol. The van der Waals surface area contributed by atoms with Crippen LogP contribution in [0.5, 0.6) is 0 Å². The van der Waals surface area contributed by atoms with Crippen LogP contribution in [0.25, 0.3) is 0 Å². The summed E-state index contributed by atoms with van der Waals surface area (Å²) in [5.41, 5.74) is 0.829. The van der Waals surface area contributed by atoms with Crippen molar-refractivity contribution < 1.29 is 13.0 Å². The second-order valence-electron chi connectivity index (χ2n) is 2.94. The molecule has 1 aromatic rings. The highest BCUT2D eigenvalue weighted by atomic mass is 32.2. The summed E-state index contributed by atoms with van der Waals surface area (Å²) < 4.78 is 23.6. The molecule has 66 valence electrons. The molecule has 0 spiro atoms. The quantitative estimate of drug-likeness (QED) is 0.612. The average Bonchev–Trinajstić information content (AvgIpc) is 1.91. The van der Waals surface area contributed by atoms with Gasteiger partial charge in [0.05, 0.1) is 5.75 Å². The minimum Gasteiger partial charge on any atom is -0.229 e. The maximum Gasteiger partial charge on any atom is 0.168 e. The zero-order valence-electron chi connectivity index (χ0n) is 7.19. The van der Waals surface area contributed by atoms with Gasteiger partial charge in [0.1, 0.15) is 7.05 Å². The molecule has 0 bridgehead atoms. The van der Waals surface area contributed by atoms with Crippen LogP contribution in [-0.4, -0.2) is 14.7 Å². The molecule has 0 aliphatic rings. The maximum absolute atomic E-state index is 10.9. The van der Waals surface area contributed by atoms with E-state index in [1.54, 1.807) is 12.1 Å². The van der Waals surface area contributed by atoms with Gasteiger partial charge in [0, 0.05) is 18.4 Å². The molecule has 0 unspecified atom stereocenters. The molecule has 0 aromatic carbocycles. The Balaban J connectivity index is 2.85. The first-order valence-electron chi connectivity index (χ1n) is 3.59. The highest BCUT2D eigenvalue weighted by Crippen LogP contribution is 2.00. The Bertz CT molecular complexity index is 353. The first-order chi connectivity index (χ1) is 5.47. The summed E-state index contributed by atoms with van der Waals surface area (Å²) in [6.45, 7) is 0. The van der Waals surface area contributed by atoms with E-state index >= 15 is 0 Å². The van der Waals surface area contributed by atoms with Crippen molar-refractivity contribution >= 4 is 9.84 Å². The fraction of sp³-hybridized carbons (Fsp3) is 0.375. The molecule has 0 aliphatic heterocycles. The third kappa shape index (κ3) is 3.00. The lowest BCUT2D eigenvalue weighted by Crippen LogP contribution is -2.26. The van der Waals surface area contributed by atoms with Gasteiger partial charge in [-0.25, -0.2) is 13.0 Å². The van der Waals surface area contributed by atoms with E-state index in [1.807, 2.05) is 24.0 Å². The number of pyridine rings is 1. The lowest BCUT2D eigenvalue weighted by atomic mass is 10.3. The van der Waals surface area contributed by atoms with Crippen molar-refractivity contribution in [2.75, 3.05) is 6.26 Å². The summed E-state index contributed by atoms with van der Waals surface area (Å²) in [4.78, 5) is 0. The summed E-state index contributed by atoms with van der Waals surface area (Å²) in [5.74, 6) is 0.119. The molecule has 0 aliphatic carbocycles. The summed E-state index contributed by atoms with van der Waals surface area (Å²) in [6.07, 6.45) is 4.90. The largest absolute Gasteiger partial charge is 0.229 e. The summed E-state index contributed by atoms with van der Waals surface area (Å²) in [7, 11) is -1.01. The van der Waals surface area contributed by atoms with Gasteiger partial charge < -0.3 is 0 Å². The molecule has 0 saturated carbocycles. The van der Waals surface area contributed by atoms with Crippen LogP contribution >= 0.6 is 0 Å². The number of aromatic nitrogens is 1. The molecule has 0 fully saturated rings. The smallest absolute Gasteiger partial charge is 0.168 e. The van der Waals surface area contributed by atoms with Gasteiger partial charge in [-0.1, -0.05) is 0 Å². The predicted molar refractivity (Wildman–Crippen MR) is 46.2 cm³/mol. The molecule has 12 heavy (non-hydrogen) atoms. The minimum atomic E-state index is -2.90. The normalized spacial score (nSPS) is 11.5. The van der Waals surface area contributed by atoms with Gasteiger partial charge >= 0.3 is 0 Å². The number of rotatable bonds is 2. The van der Waals surface area contributed by atoms with E-state index in [4.69, 9.17) is 0 Å². The Morgan fingerprint density at radius 2 is 1.83 bits per heavy atom. The zero-order chi connectivity index (χ0) is 9.19. The second kappa shape index (κ2) is 3.23. The van der Waals surface area contributed by atoms with Crippen LogP contribution in [0, 0.1) is 0 Å². The Hall–Kier alpha value is -0.900. The number of hydrogen-bond acceptors (Lipinski definition) is 2. The Morgan fingerprint density at radius 1 is 1.33 bits per heavy atom. The third-order valence-corrected chi connectivity index (χ3v) is 2.33. The van der Waals surface area contributed by atoms with Crippen molar-refractivity contribution in [2.24, 2.45) is 7.05 Å². The van der Waals surface area contributed by atoms with Crippen molar-refractivity contribution in [3.63, 3.8) is 0 Å². The third-order valence-electron chi connectivity index (χ3n) is 1.48. The lowest BCUT2D eigenvalue weighted by molar-refractivity contribution is -0.671. The highest BCUT2D eigenvalue weighted by Gasteiger charge is 2.04. The fourth-order valence-corrected chi connectivity index (χ4v) is 1.73. The molecule has 0 saturated heterocycles. The van der Waals surface area contributed by atoms with Gasteiger partial charge in [-0.3, -0.25) is 0 Å². The first kappa shape index (κ1) is 9.19. The molecular weight excluding hydrogens is 174 g/mol.